The SMILES string of the molecule is O=C(N1CCCCC1)N1CCc2ccccc2CC1. The van der Waals surface area contributed by atoms with E-state index in [1.807, 2.05) is 9.80 Å². The Bertz CT molecular complexity index is 425. The van der Waals surface area contributed by atoms with Gasteiger partial charge >= 0.3 is 6.03 Å². The van der Waals surface area contributed by atoms with E-state index in [1.54, 1.807) is 0 Å². The zero-order valence-corrected chi connectivity index (χ0v) is 11.5. The molecule has 2 amide bonds. The van der Waals surface area contributed by atoms with Crippen LogP contribution in [0.2, 0.25) is 0 Å². The molecule has 1 fully saturated rings. The van der Waals surface area contributed by atoms with E-state index in [0.717, 1.165) is 39.0 Å². The number of likely N-dealkylation sites (tertiary alicyclic amines) is 1. The predicted molar refractivity (Wildman–Crippen MR) is 76.2 cm³/mol. The summed E-state index contributed by atoms with van der Waals surface area (Å²) in [7, 11) is 0. The number of fused-ring (bicyclic) bond motifs is 1. The molecule has 1 saturated heterocycles. The molecule has 0 bridgehead atoms. The van der Waals surface area contributed by atoms with Gasteiger partial charge < -0.3 is 9.80 Å². The van der Waals surface area contributed by atoms with Crippen LogP contribution in [0, 0.1) is 0 Å². The number of carbonyl (C=O) groups is 1. The highest BCUT2D eigenvalue weighted by atomic mass is 16.2. The molecule has 0 saturated carbocycles. The molecule has 2 aliphatic heterocycles. The van der Waals surface area contributed by atoms with E-state index in [0.29, 0.717) is 0 Å². The number of piperidine rings is 1. The monoisotopic (exact) mass is 258 g/mol. The largest absolute Gasteiger partial charge is 0.325 e. The number of amides is 2. The lowest BCUT2D eigenvalue weighted by Crippen LogP contribution is -2.46. The van der Waals surface area contributed by atoms with Crippen molar-refractivity contribution in [3.05, 3.63) is 35.4 Å². The van der Waals surface area contributed by atoms with Crippen molar-refractivity contribution in [3.8, 4) is 0 Å². The summed E-state index contributed by atoms with van der Waals surface area (Å²) < 4.78 is 0. The van der Waals surface area contributed by atoms with Gasteiger partial charge in [-0.05, 0) is 43.2 Å². The molecule has 3 nitrogen and oxygen atoms in total. The summed E-state index contributed by atoms with van der Waals surface area (Å²) in [6.45, 7) is 3.63. The topological polar surface area (TPSA) is 23.6 Å². The van der Waals surface area contributed by atoms with Crippen LogP contribution >= 0.6 is 0 Å². The summed E-state index contributed by atoms with van der Waals surface area (Å²) in [5, 5.41) is 0. The van der Waals surface area contributed by atoms with Crippen LogP contribution in [0.4, 0.5) is 4.79 Å². The highest BCUT2D eigenvalue weighted by molar-refractivity contribution is 5.74. The standard InChI is InChI=1S/C16H22N2O/c19-16(17-10-4-1-5-11-17)18-12-8-14-6-2-3-7-15(14)9-13-18/h2-3,6-7H,1,4-5,8-13H2. The molecule has 0 unspecified atom stereocenters. The quantitative estimate of drug-likeness (QED) is 0.702. The number of urea groups is 1. The van der Waals surface area contributed by atoms with Gasteiger partial charge in [0.1, 0.15) is 0 Å². The maximum atomic E-state index is 12.5. The summed E-state index contributed by atoms with van der Waals surface area (Å²) in [6.07, 6.45) is 5.60. The Hall–Kier alpha value is -1.51. The Labute approximate surface area is 115 Å². The highest BCUT2D eigenvalue weighted by Crippen LogP contribution is 2.18. The molecular formula is C16H22N2O. The molecule has 19 heavy (non-hydrogen) atoms. The normalized spacial score (nSPS) is 19.8. The zero-order valence-electron chi connectivity index (χ0n) is 11.5. The van der Waals surface area contributed by atoms with Crippen molar-refractivity contribution in [1.29, 1.82) is 0 Å². The van der Waals surface area contributed by atoms with Gasteiger partial charge in [0.2, 0.25) is 0 Å². The van der Waals surface area contributed by atoms with Crippen LogP contribution in [0.15, 0.2) is 24.3 Å². The van der Waals surface area contributed by atoms with E-state index >= 15 is 0 Å². The molecule has 0 aromatic heterocycles. The van der Waals surface area contributed by atoms with E-state index in [-0.39, 0.29) is 6.03 Å². The van der Waals surface area contributed by atoms with E-state index in [2.05, 4.69) is 24.3 Å². The summed E-state index contributed by atoms with van der Waals surface area (Å²) >= 11 is 0. The molecule has 3 rings (SSSR count). The Kier molecular flexibility index (Phi) is 3.72. The van der Waals surface area contributed by atoms with Crippen molar-refractivity contribution in [3.63, 3.8) is 0 Å². The van der Waals surface area contributed by atoms with Gasteiger partial charge in [-0.1, -0.05) is 24.3 Å². The second-order valence-corrected chi connectivity index (χ2v) is 5.59. The third-order valence-corrected chi connectivity index (χ3v) is 4.32. The van der Waals surface area contributed by atoms with Crippen LogP contribution in [-0.2, 0) is 12.8 Å². The second-order valence-electron chi connectivity index (χ2n) is 5.59. The Balaban J connectivity index is 1.66. The van der Waals surface area contributed by atoms with Gasteiger partial charge in [0.15, 0.2) is 0 Å². The van der Waals surface area contributed by atoms with Crippen LogP contribution < -0.4 is 0 Å². The molecule has 1 aromatic rings. The first-order valence-corrected chi connectivity index (χ1v) is 7.45. The van der Waals surface area contributed by atoms with E-state index in [4.69, 9.17) is 0 Å². The summed E-state index contributed by atoms with van der Waals surface area (Å²) in [6, 6.07) is 8.85. The van der Waals surface area contributed by atoms with Crippen LogP contribution in [0.25, 0.3) is 0 Å². The molecule has 0 atom stereocenters. The number of carbonyl (C=O) groups excluding carboxylic acids is 1. The lowest BCUT2D eigenvalue weighted by atomic mass is 10.0. The molecular weight excluding hydrogens is 236 g/mol. The average Bonchev–Trinajstić information content (AvgIpc) is 2.70. The fourth-order valence-corrected chi connectivity index (χ4v) is 3.14. The minimum atomic E-state index is 0.257. The average molecular weight is 258 g/mol. The van der Waals surface area contributed by atoms with Crippen molar-refractivity contribution >= 4 is 6.03 Å². The summed E-state index contributed by atoms with van der Waals surface area (Å²) in [5.41, 5.74) is 2.83. The number of rotatable bonds is 0. The lowest BCUT2D eigenvalue weighted by molar-refractivity contribution is 0.145. The highest BCUT2D eigenvalue weighted by Gasteiger charge is 2.24. The van der Waals surface area contributed by atoms with Crippen LogP contribution in [0.1, 0.15) is 30.4 Å². The fraction of sp³-hybridized carbons (Fsp3) is 0.562. The van der Waals surface area contributed by atoms with Gasteiger partial charge in [-0.15, -0.1) is 0 Å². The maximum Gasteiger partial charge on any atom is 0.320 e. The van der Waals surface area contributed by atoms with Crippen molar-refractivity contribution in [2.75, 3.05) is 26.2 Å². The predicted octanol–water partition coefficient (Wildman–Crippen LogP) is 2.69. The Morgan fingerprint density at radius 1 is 0.789 bits per heavy atom. The molecule has 0 N–H and O–H groups in total. The molecule has 0 radical (unpaired) electrons. The third kappa shape index (κ3) is 2.75. The number of nitrogens with zero attached hydrogens (tertiary/aromatic N) is 2. The molecule has 3 heteroatoms. The van der Waals surface area contributed by atoms with Gasteiger partial charge in [0.05, 0.1) is 0 Å². The molecule has 102 valence electrons. The van der Waals surface area contributed by atoms with Gasteiger partial charge in [-0.3, -0.25) is 0 Å². The fourth-order valence-electron chi connectivity index (χ4n) is 3.14. The van der Waals surface area contributed by atoms with Crippen molar-refractivity contribution in [2.24, 2.45) is 0 Å². The molecule has 0 aliphatic carbocycles. The second kappa shape index (κ2) is 5.64. The third-order valence-electron chi connectivity index (χ3n) is 4.32. The zero-order chi connectivity index (χ0) is 13.1. The Morgan fingerprint density at radius 2 is 1.32 bits per heavy atom. The van der Waals surface area contributed by atoms with Crippen LogP contribution in [0.5, 0.6) is 0 Å². The Morgan fingerprint density at radius 3 is 1.89 bits per heavy atom. The molecule has 1 aromatic carbocycles. The van der Waals surface area contributed by atoms with Crippen molar-refractivity contribution in [1.82, 2.24) is 9.80 Å². The van der Waals surface area contributed by atoms with Gasteiger partial charge in [-0.25, -0.2) is 4.79 Å². The van der Waals surface area contributed by atoms with Crippen molar-refractivity contribution < 1.29 is 4.79 Å². The van der Waals surface area contributed by atoms with E-state index in [1.165, 1.54) is 30.4 Å². The number of benzene rings is 1. The molecule has 0 spiro atoms. The van der Waals surface area contributed by atoms with Crippen molar-refractivity contribution in [2.45, 2.75) is 32.1 Å². The summed E-state index contributed by atoms with van der Waals surface area (Å²) in [5.74, 6) is 0. The maximum absolute atomic E-state index is 12.5. The number of hydrogen-bond donors (Lipinski definition) is 0. The number of hydrogen-bond acceptors (Lipinski definition) is 1. The lowest BCUT2D eigenvalue weighted by Gasteiger charge is -2.32. The minimum absolute atomic E-state index is 0.257. The van der Waals surface area contributed by atoms with Crippen LogP contribution in [-0.4, -0.2) is 42.0 Å². The van der Waals surface area contributed by atoms with Gasteiger partial charge in [-0.2, -0.15) is 0 Å². The first-order chi connectivity index (χ1) is 9.34. The molecule has 2 aliphatic rings. The smallest absolute Gasteiger partial charge is 0.320 e. The summed E-state index contributed by atoms with van der Waals surface area (Å²) in [4.78, 5) is 16.6. The first-order valence-electron chi connectivity index (χ1n) is 7.45. The van der Waals surface area contributed by atoms with E-state index in [9.17, 15) is 4.79 Å². The van der Waals surface area contributed by atoms with E-state index < -0.39 is 0 Å². The first kappa shape index (κ1) is 12.5. The van der Waals surface area contributed by atoms with Gasteiger partial charge in [0.25, 0.3) is 0 Å². The minimum Gasteiger partial charge on any atom is -0.325 e. The van der Waals surface area contributed by atoms with Crippen LogP contribution in [0.3, 0.4) is 0 Å². The molecule has 2 heterocycles. The van der Waals surface area contributed by atoms with Gasteiger partial charge in [0, 0.05) is 26.2 Å².